The minimum atomic E-state index is -0.228. The number of halogens is 1. The summed E-state index contributed by atoms with van der Waals surface area (Å²) in [5, 5.41) is 3.39. The highest BCUT2D eigenvalue weighted by Crippen LogP contribution is 2.33. The van der Waals surface area contributed by atoms with E-state index < -0.39 is 0 Å². The molecular weight excluding hydrogens is 338 g/mol. The summed E-state index contributed by atoms with van der Waals surface area (Å²) in [6.07, 6.45) is 4.05. The molecule has 2 heterocycles. The Balaban J connectivity index is 0.00000225. The number of carbonyl (C=O) groups is 2. The number of piperazine rings is 1. The number of amides is 2. The van der Waals surface area contributed by atoms with Crippen molar-refractivity contribution in [1.82, 2.24) is 15.1 Å². The molecule has 0 bridgehead atoms. The lowest BCUT2D eigenvalue weighted by molar-refractivity contribution is -0.137. The number of carbonyl (C=O) groups excluding carboxylic acids is 2. The van der Waals surface area contributed by atoms with Gasteiger partial charge in [-0.25, -0.2) is 0 Å². The van der Waals surface area contributed by atoms with Crippen LogP contribution in [0.2, 0.25) is 0 Å². The van der Waals surface area contributed by atoms with Crippen molar-refractivity contribution in [3.05, 3.63) is 41.6 Å². The number of fused-ring (bicyclic) bond motifs is 1. The first-order chi connectivity index (χ1) is 11.5. The number of hydrogen-bond donors (Lipinski definition) is 1. The third kappa shape index (κ3) is 3.88. The first kappa shape index (κ1) is 19.5. The molecule has 1 aromatic rings. The van der Waals surface area contributed by atoms with Crippen molar-refractivity contribution >= 4 is 30.3 Å². The van der Waals surface area contributed by atoms with Crippen molar-refractivity contribution in [1.29, 1.82) is 0 Å². The number of hydrogen-bond acceptors (Lipinski definition) is 3. The molecule has 5 nitrogen and oxygen atoms in total. The third-order valence-corrected chi connectivity index (χ3v) is 5.19. The van der Waals surface area contributed by atoms with Gasteiger partial charge in [0.05, 0.1) is 12.5 Å². The second kappa shape index (κ2) is 8.02. The molecule has 0 saturated carbocycles. The molecule has 3 unspecified atom stereocenters. The van der Waals surface area contributed by atoms with Gasteiger partial charge in [0.15, 0.2) is 0 Å². The van der Waals surface area contributed by atoms with Crippen LogP contribution in [0.1, 0.15) is 44.4 Å². The van der Waals surface area contributed by atoms with Crippen molar-refractivity contribution in [2.45, 2.75) is 45.3 Å². The van der Waals surface area contributed by atoms with E-state index in [1.54, 1.807) is 18.0 Å². The van der Waals surface area contributed by atoms with E-state index in [0.29, 0.717) is 13.0 Å². The average Bonchev–Trinajstić information content (AvgIpc) is 2.57. The summed E-state index contributed by atoms with van der Waals surface area (Å²) >= 11 is 0. The first-order valence-electron chi connectivity index (χ1n) is 8.58. The number of nitrogens with zero attached hydrogens (tertiary/aromatic N) is 2. The van der Waals surface area contributed by atoms with Gasteiger partial charge >= 0.3 is 0 Å². The molecule has 0 aliphatic carbocycles. The molecule has 6 heteroatoms. The molecule has 1 saturated heterocycles. The summed E-state index contributed by atoms with van der Waals surface area (Å²) in [6.45, 7) is 7.26. The zero-order chi connectivity index (χ0) is 17.3. The molecule has 0 spiro atoms. The van der Waals surface area contributed by atoms with Gasteiger partial charge in [0.25, 0.3) is 0 Å². The fraction of sp³-hybridized carbons (Fsp3) is 0.474. The Morgan fingerprint density at radius 3 is 2.68 bits per heavy atom. The van der Waals surface area contributed by atoms with Gasteiger partial charge in [0.1, 0.15) is 0 Å². The second-order valence-electron chi connectivity index (χ2n) is 6.66. The minimum absolute atomic E-state index is 0. The predicted molar refractivity (Wildman–Crippen MR) is 101 cm³/mol. The lowest BCUT2D eigenvalue weighted by atomic mass is 9.93. The third-order valence-electron chi connectivity index (χ3n) is 5.19. The van der Waals surface area contributed by atoms with Crippen molar-refractivity contribution in [2.24, 2.45) is 0 Å². The van der Waals surface area contributed by atoms with E-state index >= 15 is 0 Å². The van der Waals surface area contributed by atoms with E-state index in [1.807, 2.05) is 35.2 Å². The molecule has 0 aromatic heterocycles. The van der Waals surface area contributed by atoms with E-state index in [2.05, 4.69) is 19.2 Å². The second-order valence-corrected chi connectivity index (χ2v) is 6.66. The van der Waals surface area contributed by atoms with Crippen LogP contribution >= 0.6 is 12.4 Å². The summed E-state index contributed by atoms with van der Waals surface area (Å²) < 4.78 is 0. The van der Waals surface area contributed by atoms with Crippen LogP contribution < -0.4 is 5.32 Å². The topological polar surface area (TPSA) is 52.7 Å². The van der Waals surface area contributed by atoms with E-state index in [0.717, 1.165) is 17.7 Å². The van der Waals surface area contributed by atoms with E-state index in [9.17, 15) is 9.59 Å². The average molecular weight is 364 g/mol. The lowest BCUT2D eigenvalue weighted by Gasteiger charge is -2.40. The Morgan fingerprint density at radius 1 is 1.24 bits per heavy atom. The molecule has 136 valence electrons. The first-order valence-corrected chi connectivity index (χ1v) is 8.58. The van der Waals surface area contributed by atoms with Gasteiger partial charge in [-0.15, -0.1) is 12.4 Å². The van der Waals surface area contributed by atoms with Gasteiger partial charge in [-0.2, -0.15) is 0 Å². The number of benzene rings is 1. The van der Waals surface area contributed by atoms with Gasteiger partial charge in [-0.3, -0.25) is 9.59 Å². The Morgan fingerprint density at radius 2 is 1.96 bits per heavy atom. The van der Waals surface area contributed by atoms with Crippen molar-refractivity contribution in [3.8, 4) is 0 Å². The Kier molecular flexibility index (Phi) is 6.25. The number of rotatable bonds is 2. The maximum absolute atomic E-state index is 12.9. The zero-order valence-corrected chi connectivity index (χ0v) is 15.8. The molecule has 0 radical (unpaired) electrons. The highest BCUT2D eigenvalue weighted by molar-refractivity contribution is 5.85. The van der Waals surface area contributed by atoms with Crippen molar-refractivity contribution < 1.29 is 9.59 Å². The van der Waals surface area contributed by atoms with E-state index in [1.165, 1.54) is 0 Å². The van der Waals surface area contributed by atoms with Gasteiger partial charge in [0, 0.05) is 38.3 Å². The monoisotopic (exact) mass is 363 g/mol. The van der Waals surface area contributed by atoms with Crippen LogP contribution in [-0.2, 0) is 9.59 Å². The highest BCUT2D eigenvalue weighted by Gasteiger charge is 2.33. The summed E-state index contributed by atoms with van der Waals surface area (Å²) in [7, 11) is 0. The van der Waals surface area contributed by atoms with Crippen LogP contribution in [0.3, 0.4) is 0 Å². The molecule has 25 heavy (non-hydrogen) atoms. The molecule has 3 atom stereocenters. The smallest absolute Gasteiger partial charge is 0.225 e. The fourth-order valence-electron chi connectivity index (χ4n) is 3.60. The van der Waals surface area contributed by atoms with Crippen molar-refractivity contribution in [3.63, 3.8) is 0 Å². The number of nitrogens with one attached hydrogen (secondary N) is 1. The Hall–Kier alpha value is -1.85. The van der Waals surface area contributed by atoms with Crippen LogP contribution in [0.25, 0.3) is 6.08 Å². The standard InChI is InChI=1S/C19H25N3O2.ClH/c1-13-14(2)21(11-9-20-13)19(24)12-18-17-7-5-4-6-16(17)8-10-22(18)15(3)23;/h4-8,10,13-14,18,20H,9,11-12H2,1-3H3;1H. The van der Waals surface area contributed by atoms with Gasteiger partial charge in [-0.1, -0.05) is 24.3 Å². The Bertz CT molecular complexity index is 676. The predicted octanol–water partition coefficient (Wildman–Crippen LogP) is 2.58. The summed E-state index contributed by atoms with van der Waals surface area (Å²) in [6, 6.07) is 8.19. The minimum Gasteiger partial charge on any atom is -0.337 e. The maximum Gasteiger partial charge on any atom is 0.225 e. The van der Waals surface area contributed by atoms with E-state index in [4.69, 9.17) is 0 Å². The molecule has 2 aliphatic rings. The van der Waals surface area contributed by atoms with Gasteiger partial charge < -0.3 is 15.1 Å². The normalized spacial score (nSPS) is 25.2. The molecule has 3 rings (SSSR count). The summed E-state index contributed by atoms with van der Waals surface area (Å²) in [5.41, 5.74) is 2.12. The van der Waals surface area contributed by atoms with Crippen LogP contribution in [0.15, 0.2) is 30.5 Å². The SMILES string of the molecule is CC(=O)N1C=Cc2ccccc2C1CC(=O)N1CCNC(C)C1C.Cl. The van der Waals surface area contributed by atoms with Crippen LogP contribution in [0.4, 0.5) is 0 Å². The highest BCUT2D eigenvalue weighted by atomic mass is 35.5. The molecule has 2 aliphatic heterocycles. The molecule has 1 aromatic carbocycles. The lowest BCUT2D eigenvalue weighted by Crippen LogP contribution is -2.57. The van der Waals surface area contributed by atoms with Gasteiger partial charge in [-0.05, 0) is 31.1 Å². The Labute approximate surface area is 155 Å². The quantitative estimate of drug-likeness (QED) is 0.878. The molecule has 2 amide bonds. The maximum atomic E-state index is 12.9. The van der Waals surface area contributed by atoms with Crippen LogP contribution in [0, 0.1) is 0 Å². The zero-order valence-electron chi connectivity index (χ0n) is 14.9. The van der Waals surface area contributed by atoms with E-state index in [-0.39, 0.29) is 42.3 Å². The van der Waals surface area contributed by atoms with Crippen LogP contribution in [0.5, 0.6) is 0 Å². The van der Waals surface area contributed by atoms with Crippen molar-refractivity contribution in [2.75, 3.05) is 13.1 Å². The molecule has 1 N–H and O–H groups in total. The van der Waals surface area contributed by atoms with Crippen LogP contribution in [-0.4, -0.2) is 46.8 Å². The summed E-state index contributed by atoms with van der Waals surface area (Å²) in [5.74, 6) is 0.0671. The van der Waals surface area contributed by atoms with Gasteiger partial charge in [0.2, 0.25) is 11.8 Å². The largest absolute Gasteiger partial charge is 0.337 e. The molecular formula is C19H26ClN3O2. The fourth-order valence-corrected chi connectivity index (χ4v) is 3.60. The summed E-state index contributed by atoms with van der Waals surface area (Å²) in [4.78, 5) is 28.6. The molecule has 1 fully saturated rings.